The third-order valence-corrected chi connectivity index (χ3v) is 5.28. The second kappa shape index (κ2) is 5.37. The first kappa shape index (κ1) is 15.5. The second-order valence-electron chi connectivity index (χ2n) is 6.38. The molecule has 0 bridgehead atoms. The van der Waals surface area contributed by atoms with Crippen LogP contribution in [-0.4, -0.2) is 30.4 Å². The van der Waals surface area contributed by atoms with Crippen molar-refractivity contribution in [3.8, 4) is 17.0 Å². The van der Waals surface area contributed by atoms with Crippen molar-refractivity contribution in [2.24, 2.45) is 0 Å². The Labute approximate surface area is 135 Å². The molecule has 22 heavy (non-hydrogen) atoms. The summed E-state index contributed by atoms with van der Waals surface area (Å²) in [6, 6.07) is 7.87. The van der Waals surface area contributed by atoms with Crippen molar-refractivity contribution in [1.82, 2.24) is 4.98 Å². The molecule has 2 aromatic rings. The largest absolute Gasteiger partial charge is 0.507 e. The van der Waals surface area contributed by atoms with Crippen LogP contribution in [0.2, 0.25) is 0 Å². The molecule has 0 saturated carbocycles. The Morgan fingerprint density at radius 2 is 1.64 bits per heavy atom. The summed E-state index contributed by atoms with van der Waals surface area (Å²) in [5, 5.41) is 0. The zero-order chi connectivity index (χ0) is 16.0. The van der Waals surface area contributed by atoms with Crippen LogP contribution in [0, 0.1) is 0 Å². The average Bonchev–Trinajstić information content (AvgIpc) is 3.02. The van der Waals surface area contributed by atoms with Gasteiger partial charge in [-0.1, -0.05) is 0 Å². The van der Waals surface area contributed by atoms with Crippen LogP contribution < -0.4 is 9.51 Å². The van der Waals surface area contributed by atoms with Crippen LogP contribution >= 0.6 is 11.3 Å². The zero-order valence-electron chi connectivity index (χ0n) is 13.5. The number of hydrogen-bond donors (Lipinski definition) is 0. The van der Waals surface area contributed by atoms with Gasteiger partial charge in [0, 0.05) is 5.56 Å². The molecule has 0 unspecified atom stereocenters. The lowest BCUT2D eigenvalue weighted by Gasteiger charge is -2.32. The Kier molecular flexibility index (Phi) is 3.79. The van der Waals surface area contributed by atoms with Crippen LogP contribution in [0.4, 0.5) is 0 Å². The number of methoxy groups -OCH3 is 1. The van der Waals surface area contributed by atoms with Crippen LogP contribution in [-0.2, 0) is 9.31 Å². The summed E-state index contributed by atoms with van der Waals surface area (Å²) in [6.45, 7) is 8.23. The highest BCUT2D eigenvalue weighted by Crippen LogP contribution is 2.37. The van der Waals surface area contributed by atoms with Gasteiger partial charge in [-0.2, -0.15) is 0 Å². The number of thiazole rings is 1. The Bertz CT molecular complexity index is 650. The predicted molar refractivity (Wildman–Crippen MR) is 89.8 cm³/mol. The maximum Gasteiger partial charge on any atom is 0.507 e. The van der Waals surface area contributed by atoms with Crippen molar-refractivity contribution in [3.05, 3.63) is 29.8 Å². The Morgan fingerprint density at radius 3 is 2.18 bits per heavy atom. The van der Waals surface area contributed by atoms with Crippen molar-refractivity contribution < 1.29 is 14.0 Å². The van der Waals surface area contributed by atoms with Crippen LogP contribution in [0.25, 0.3) is 11.3 Å². The SMILES string of the molecule is COc1ccc(-c2ncsc2B2OC(C)(C)C(C)(C)O2)cc1. The first-order valence-corrected chi connectivity index (χ1v) is 8.15. The molecule has 1 aromatic heterocycles. The molecular weight excluding hydrogens is 297 g/mol. The van der Waals surface area contributed by atoms with Gasteiger partial charge >= 0.3 is 7.12 Å². The smallest absolute Gasteiger partial charge is 0.497 e. The van der Waals surface area contributed by atoms with E-state index in [1.165, 1.54) is 0 Å². The Hall–Kier alpha value is -1.37. The van der Waals surface area contributed by atoms with E-state index in [4.69, 9.17) is 14.0 Å². The van der Waals surface area contributed by atoms with Crippen molar-refractivity contribution in [2.75, 3.05) is 7.11 Å². The second-order valence-corrected chi connectivity index (χ2v) is 7.27. The molecule has 0 amide bonds. The summed E-state index contributed by atoms with van der Waals surface area (Å²) >= 11 is 1.56. The van der Waals surface area contributed by atoms with Crippen molar-refractivity contribution in [2.45, 2.75) is 38.9 Å². The monoisotopic (exact) mass is 317 g/mol. The third-order valence-electron chi connectivity index (χ3n) is 4.43. The van der Waals surface area contributed by atoms with Gasteiger partial charge in [0.15, 0.2) is 0 Å². The van der Waals surface area contributed by atoms with Gasteiger partial charge < -0.3 is 14.0 Å². The van der Waals surface area contributed by atoms with E-state index in [1.807, 2.05) is 29.8 Å². The van der Waals surface area contributed by atoms with E-state index < -0.39 is 0 Å². The summed E-state index contributed by atoms with van der Waals surface area (Å²) in [5.74, 6) is 0.830. The minimum Gasteiger partial charge on any atom is -0.497 e. The van der Waals surface area contributed by atoms with E-state index in [0.29, 0.717) is 0 Å². The molecule has 0 spiro atoms. The van der Waals surface area contributed by atoms with Crippen LogP contribution in [0.3, 0.4) is 0 Å². The fourth-order valence-electron chi connectivity index (χ4n) is 2.34. The number of benzene rings is 1. The minimum absolute atomic E-state index is 0.348. The quantitative estimate of drug-likeness (QED) is 0.816. The predicted octanol–water partition coefficient (Wildman–Crippen LogP) is 3.12. The van der Waals surface area contributed by atoms with Gasteiger partial charge in [0.05, 0.1) is 34.3 Å². The van der Waals surface area contributed by atoms with Gasteiger partial charge in [-0.25, -0.2) is 4.98 Å². The van der Waals surface area contributed by atoms with Crippen molar-refractivity contribution in [1.29, 1.82) is 0 Å². The number of hydrogen-bond acceptors (Lipinski definition) is 5. The molecule has 2 heterocycles. The third kappa shape index (κ3) is 2.55. The average molecular weight is 317 g/mol. The number of rotatable bonds is 3. The van der Waals surface area contributed by atoms with E-state index in [1.54, 1.807) is 18.4 Å². The number of aromatic nitrogens is 1. The van der Waals surface area contributed by atoms with Gasteiger partial charge in [-0.05, 0) is 52.0 Å². The highest BCUT2D eigenvalue weighted by molar-refractivity contribution is 7.21. The summed E-state index contributed by atoms with van der Waals surface area (Å²) in [5.41, 5.74) is 3.08. The molecule has 0 radical (unpaired) electrons. The molecule has 0 N–H and O–H groups in total. The highest BCUT2D eigenvalue weighted by Gasteiger charge is 2.53. The lowest BCUT2D eigenvalue weighted by atomic mass is 9.84. The first-order chi connectivity index (χ1) is 10.3. The summed E-state index contributed by atoms with van der Waals surface area (Å²) in [7, 11) is 1.28. The summed E-state index contributed by atoms with van der Waals surface area (Å²) in [4.78, 5) is 4.50. The molecule has 116 valence electrons. The summed E-state index contributed by atoms with van der Waals surface area (Å²) < 4.78 is 18.5. The van der Waals surface area contributed by atoms with E-state index in [0.717, 1.165) is 21.8 Å². The molecule has 0 aliphatic carbocycles. The maximum absolute atomic E-state index is 6.14. The van der Waals surface area contributed by atoms with Gasteiger partial charge in [0.25, 0.3) is 0 Å². The molecule has 1 fully saturated rings. The molecule has 1 saturated heterocycles. The van der Waals surface area contributed by atoms with Crippen molar-refractivity contribution in [3.63, 3.8) is 0 Å². The highest BCUT2D eigenvalue weighted by atomic mass is 32.1. The lowest BCUT2D eigenvalue weighted by Crippen LogP contribution is -2.41. The molecule has 3 rings (SSSR count). The first-order valence-electron chi connectivity index (χ1n) is 7.27. The minimum atomic E-state index is -0.380. The van der Waals surface area contributed by atoms with E-state index >= 15 is 0 Å². The van der Waals surface area contributed by atoms with Crippen LogP contribution in [0.1, 0.15) is 27.7 Å². The molecule has 0 atom stereocenters. The topological polar surface area (TPSA) is 40.6 Å². The van der Waals surface area contributed by atoms with Crippen LogP contribution in [0.15, 0.2) is 29.8 Å². The van der Waals surface area contributed by atoms with Crippen molar-refractivity contribution >= 4 is 23.2 Å². The fraction of sp³-hybridized carbons (Fsp3) is 0.438. The molecule has 6 heteroatoms. The lowest BCUT2D eigenvalue weighted by molar-refractivity contribution is 0.00578. The molecule has 1 aliphatic rings. The maximum atomic E-state index is 6.14. The standard InChI is InChI=1S/C16H20BNO3S/c1-15(2)16(3,4)21-17(20-15)14-13(18-10-22-14)11-6-8-12(19-5)9-7-11/h6-10H,1-5H3. The van der Waals surface area contributed by atoms with Gasteiger partial charge in [0.2, 0.25) is 0 Å². The summed E-state index contributed by atoms with van der Waals surface area (Å²) in [6.07, 6.45) is 0. The van der Waals surface area contributed by atoms with E-state index in [-0.39, 0.29) is 18.3 Å². The zero-order valence-corrected chi connectivity index (χ0v) is 14.4. The fourth-order valence-corrected chi connectivity index (χ4v) is 3.10. The van der Waals surface area contributed by atoms with E-state index in [9.17, 15) is 0 Å². The van der Waals surface area contributed by atoms with Gasteiger partial charge in [-0.15, -0.1) is 11.3 Å². The normalized spacial score (nSPS) is 19.4. The Morgan fingerprint density at radius 1 is 1.05 bits per heavy atom. The molecule has 1 aliphatic heterocycles. The Balaban J connectivity index is 1.93. The number of nitrogens with zero attached hydrogens (tertiary/aromatic N) is 1. The van der Waals surface area contributed by atoms with Gasteiger partial charge in [-0.3, -0.25) is 0 Å². The molecule has 1 aromatic carbocycles. The molecule has 4 nitrogen and oxygen atoms in total. The van der Waals surface area contributed by atoms with Crippen LogP contribution in [0.5, 0.6) is 5.75 Å². The van der Waals surface area contributed by atoms with Gasteiger partial charge in [0.1, 0.15) is 5.75 Å². The molecular formula is C16H20BNO3S. The number of ether oxygens (including phenoxy) is 1. The van der Waals surface area contributed by atoms with E-state index in [2.05, 4.69) is 32.7 Å².